The van der Waals surface area contributed by atoms with Crippen LogP contribution in [0.3, 0.4) is 0 Å². The van der Waals surface area contributed by atoms with Gasteiger partial charge in [-0.05, 0) is 30.9 Å². The van der Waals surface area contributed by atoms with Crippen LogP contribution >= 0.6 is 23.4 Å². The summed E-state index contributed by atoms with van der Waals surface area (Å²) in [6.45, 7) is 3.07. The lowest BCUT2D eigenvalue weighted by Crippen LogP contribution is -2.37. The molecule has 19 heavy (non-hydrogen) atoms. The van der Waals surface area contributed by atoms with Crippen molar-refractivity contribution in [2.24, 2.45) is 0 Å². The first kappa shape index (κ1) is 14.7. The third kappa shape index (κ3) is 3.45. The van der Waals surface area contributed by atoms with E-state index in [0.29, 0.717) is 0 Å². The molecule has 2 unspecified atom stereocenters. The van der Waals surface area contributed by atoms with E-state index in [2.05, 4.69) is 17.2 Å². The summed E-state index contributed by atoms with van der Waals surface area (Å²) in [4.78, 5) is 3.23. The van der Waals surface area contributed by atoms with Crippen molar-refractivity contribution in [1.82, 2.24) is 10.3 Å². The third-order valence-corrected chi connectivity index (χ3v) is 4.78. The molecule has 0 saturated heterocycles. The fourth-order valence-electron chi connectivity index (χ4n) is 2.14. The van der Waals surface area contributed by atoms with Gasteiger partial charge >= 0.3 is 0 Å². The number of thioether (sulfide) groups is 1. The van der Waals surface area contributed by atoms with Gasteiger partial charge in [0.1, 0.15) is 0 Å². The molecule has 0 aliphatic rings. The number of nitrogens with one attached hydrogen (secondary N) is 2. The first-order chi connectivity index (χ1) is 9.15. The first-order valence-corrected chi connectivity index (χ1v) is 7.95. The van der Waals surface area contributed by atoms with Crippen molar-refractivity contribution in [1.29, 1.82) is 0 Å². The molecule has 3 nitrogen and oxygen atoms in total. The molecule has 5 heteroatoms. The highest BCUT2D eigenvalue weighted by Crippen LogP contribution is 2.22. The van der Waals surface area contributed by atoms with E-state index in [1.54, 1.807) is 11.8 Å². The molecular formula is C14H19ClN2OS. The maximum atomic E-state index is 9.27. The van der Waals surface area contributed by atoms with Crippen molar-refractivity contribution in [2.75, 3.05) is 12.9 Å². The molecule has 0 amide bonds. The largest absolute Gasteiger partial charge is 0.395 e. The molecular weight excluding hydrogens is 280 g/mol. The van der Waals surface area contributed by atoms with Crippen molar-refractivity contribution in [3.05, 3.63) is 35.0 Å². The summed E-state index contributed by atoms with van der Waals surface area (Å²) < 4.78 is 0. The van der Waals surface area contributed by atoms with E-state index in [0.717, 1.165) is 17.1 Å². The molecule has 2 rings (SSSR count). The number of fused-ring (bicyclic) bond motifs is 1. The number of benzene rings is 1. The number of H-pyrrole nitrogens is 1. The van der Waals surface area contributed by atoms with Crippen LogP contribution in [0.4, 0.5) is 0 Å². The molecule has 0 aliphatic heterocycles. The van der Waals surface area contributed by atoms with Crippen LogP contribution in [-0.4, -0.2) is 34.2 Å². The summed E-state index contributed by atoms with van der Waals surface area (Å²) in [7, 11) is 0. The summed E-state index contributed by atoms with van der Waals surface area (Å²) >= 11 is 7.65. The second-order valence-electron chi connectivity index (χ2n) is 4.63. The normalized spacial score (nSPS) is 14.7. The van der Waals surface area contributed by atoms with E-state index in [9.17, 15) is 5.11 Å². The number of aromatic amines is 1. The maximum absolute atomic E-state index is 9.27. The molecule has 104 valence electrons. The average Bonchev–Trinajstić information content (AvgIpc) is 2.80. The van der Waals surface area contributed by atoms with Crippen LogP contribution in [-0.2, 0) is 6.54 Å². The number of hydrogen-bond donors (Lipinski definition) is 3. The predicted octanol–water partition coefficient (Wildman–Crippen LogP) is 3.02. The van der Waals surface area contributed by atoms with Crippen molar-refractivity contribution >= 4 is 34.3 Å². The van der Waals surface area contributed by atoms with Crippen LogP contribution in [0, 0.1) is 0 Å². The van der Waals surface area contributed by atoms with Gasteiger partial charge in [0.25, 0.3) is 0 Å². The summed E-state index contributed by atoms with van der Waals surface area (Å²) in [6.07, 6.45) is 4.03. The van der Waals surface area contributed by atoms with E-state index in [4.69, 9.17) is 11.6 Å². The highest BCUT2D eigenvalue weighted by atomic mass is 35.5. The van der Waals surface area contributed by atoms with E-state index < -0.39 is 0 Å². The summed E-state index contributed by atoms with van der Waals surface area (Å²) in [5.74, 6) is 0. The molecule has 1 aromatic heterocycles. The number of halogens is 1. The lowest BCUT2D eigenvalue weighted by molar-refractivity contribution is 0.276. The molecule has 0 radical (unpaired) electrons. The molecule has 0 saturated carbocycles. The Morgan fingerprint density at radius 1 is 1.47 bits per heavy atom. The fourth-order valence-corrected chi connectivity index (χ4v) is 2.97. The average molecular weight is 299 g/mol. The van der Waals surface area contributed by atoms with E-state index in [-0.39, 0.29) is 17.9 Å². The van der Waals surface area contributed by atoms with Crippen LogP contribution < -0.4 is 5.32 Å². The number of rotatable bonds is 6. The summed E-state index contributed by atoms with van der Waals surface area (Å²) in [6, 6.07) is 6.14. The van der Waals surface area contributed by atoms with Crippen LogP contribution in [0.5, 0.6) is 0 Å². The van der Waals surface area contributed by atoms with Crippen molar-refractivity contribution in [3.63, 3.8) is 0 Å². The molecule has 0 fully saturated rings. The molecule has 1 heterocycles. The fraction of sp³-hybridized carbons (Fsp3) is 0.429. The van der Waals surface area contributed by atoms with E-state index in [1.807, 2.05) is 30.7 Å². The molecule has 0 aliphatic carbocycles. The topological polar surface area (TPSA) is 48.0 Å². The third-order valence-electron chi connectivity index (χ3n) is 3.38. The number of aliphatic hydroxyl groups is 1. The Kier molecular flexibility index (Phi) is 5.16. The molecule has 3 N–H and O–H groups in total. The smallest absolute Gasteiger partial charge is 0.0564 e. The molecule has 1 aromatic carbocycles. The molecule has 0 bridgehead atoms. The van der Waals surface area contributed by atoms with Gasteiger partial charge in [-0.25, -0.2) is 0 Å². The minimum Gasteiger partial charge on any atom is -0.395 e. The van der Waals surface area contributed by atoms with E-state index in [1.165, 1.54) is 10.9 Å². The lowest BCUT2D eigenvalue weighted by atomic mass is 10.1. The van der Waals surface area contributed by atoms with Gasteiger partial charge in [0.15, 0.2) is 0 Å². The van der Waals surface area contributed by atoms with Crippen LogP contribution in [0.2, 0.25) is 5.02 Å². The monoisotopic (exact) mass is 298 g/mol. The standard InChI is InChI=1S/C14H19ClN2OS/c1-9(14(8-18)19-2)16-6-10-7-17-13-5-11(15)3-4-12(10)13/h3-5,7,9,14,16-18H,6,8H2,1-2H3. The predicted molar refractivity (Wildman–Crippen MR) is 84.0 cm³/mol. The number of aromatic nitrogens is 1. The first-order valence-electron chi connectivity index (χ1n) is 6.28. The Morgan fingerprint density at radius 3 is 2.95 bits per heavy atom. The second-order valence-corrected chi connectivity index (χ2v) is 6.14. The van der Waals surface area contributed by atoms with Gasteiger partial charge in [-0.15, -0.1) is 0 Å². The van der Waals surface area contributed by atoms with E-state index >= 15 is 0 Å². The Bertz CT molecular complexity index is 539. The van der Waals surface area contributed by atoms with Gasteiger partial charge < -0.3 is 15.4 Å². The Morgan fingerprint density at radius 2 is 2.26 bits per heavy atom. The van der Waals surface area contributed by atoms with Crippen LogP contribution in [0.15, 0.2) is 24.4 Å². The highest BCUT2D eigenvalue weighted by Gasteiger charge is 2.15. The minimum atomic E-state index is 0.193. The van der Waals surface area contributed by atoms with Gasteiger partial charge in [0, 0.05) is 40.0 Å². The van der Waals surface area contributed by atoms with Crippen LogP contribution in [0.25, 0.3) is 10.9 Å². The lowest BCUT2D eigenvalue weighted by Gasteiger charge is -2.21. The zero-order valence-corrected chi connectivity index (χ0v) is 12.7. The van der Waals surface area contributed by atoms with Gasteiger partial charge in [0.2, 0.25) is 0 Å². The zero-order chi connectivity index (χ0) is 13.8. The van der Waals surface area contributed by atoms with Crippen LogP contribution in [0.1, 0.15) is 12.5 Å². The second kappa shape index (κ2) is 6.66. The van der Waals surface area contributed by atoms with Crippen molar-refractivity contribution < 1.29 is 5.11 Å². The molecule has 2 atom stereocenters. The number of aliphatic hydroxyl groups excluding tert-OH is 1. The van der Waals surface area contributed by atoms with Crippen molar-refractivity contribution in [3.8, 4) is 0 Å². The molecule has 2 aromatic rings. The Labute approximate surface area is 122 Å². The maximum Gasteiger partial charge on any atom is 0.0564 e. The Balaban J connectivity index is 2.06. The number of hydrogen-bond acceptors (Lipinski definition) is 3. The van der Waals surface area contributed by atoms with Gasteiger partial charge in [-0.3, -0.25) is 0 Å². The quantitative estimate of drug-likeness (QED) is 0.768. The Hall–Kier alpha value is -0.680. The molecule has 0 spiro atoms. The summed E-state index contributed by atoms with van der Waals surface area (Å²) in [5, 5.41) is 14.9. The van der Waals surface area contributed by atoms with Crippen molar-refractivity contribution in [2.45, 2.75) is 24.8 Å². The van der Waals surface area contributed by atoms with Gasteiger partial charge in [-0.1, -0.05) is 17.7 Å². The van der Waals surface area contributed by atoms with Gasteiger partial charge in [0.05, 0.1) is 6.61 Å². The minimum absolute atomic E-state index is 0.193. The highest BCUT2D eigenvalue weighted by molar-refractivity contribution is 7.99. The zero-order valence-electron chi connectivity index (χ0n) is 11.1. The van der Waals surface area contributed by atoms with Gasteiger partial charge in [-0.2, -0.15) is 11.8 Å². The SMILES string of the molecule is CSC(CO)C(C)NCc1c[nH]c2cc(Cl)ccc12. The summed E-state index contributed by atoms with van der Waals surface area (Å²) in [5.41, 5.74) is 2.27.